The van der Waals surface area contributed by atoms with Crippen molar-refractivity contribution in [3.63, 3.8) is 0 Å². The molecule has 0 bridgehead atoms. The van der Waals surface area contributed by atoms with Gasteiger partial charge in [-0.05, 0) is 49.9 Å². The normalized spacial score (nSPS) is 20.3. The Balaban J connectivity index is 1.18. The number of benzene rings is 1. The molecule has 0 spiro atoms. The van der Waals surface area contributed by atoms with Crippen molar-refractivity contribution in [3.05, 3.63) is 47.7 Å². The smallest absolute Gasteiger partial charge is 0.417 e. The molecule has 2 fully saturated rings. The Morgan fingerprint density at radius 1 is 1.14 bits per heavy atom. The number of nitrogens with zero attached hydrogens (tertiary/aromatic N) is 4. The number of rotatable bonds is 7. The van der Waals surface area contributed by atoms with Gasteiger partial charge in [0.25, 0.3) is 0 Å². The molecular weight excluding hydrogens is 487 g/mol. The molecule has 1 amide bonds. The molecule has 8 nitrogen and oxygen atoms in total. The molecule has 0 radical (unpaired) electrons. The molecule has 2 aliphatic rings. The number of piperazine rings is 1. The van der Waals surface area contributed by atoms with Crippen molar-refractivity contribution in [2.75, 3.05) is 50.1 Å². The second-order valence-electron chi connectivity index (χ2n) is 9.23. The standard InChI is InChI=1S/C26H30F3N5O3/c1-36-24-9-6-21(16-31-24)33-10-12-34(13-11-33)25(35)17-37-22-7-4-19(5-8-22)32-20-3-2-18(15-30)23(14-20)26(27,28)29/h2-3,6,9,14,16,19,22,32H,4-5,7-8,10-13,17H2,1H3/t19-,22-. The van der Waals surface area contributed by atoms with Gasteiger partial charge in [0.15, 0.2) is 0 Å². The van der Waals surface area contributed by atoms with Gasteiger partial charge in [-0.25, -0.2) is 4.98 Å². The van der Waals surface area contributed by atoms with Gasteiger partial charge >= 0.3 is 6.18 Å². The summed E-state index contributed by atoms with van der Waals surface area (Å²) in [4.78, 5) is 20.9. The number of alkyl halides is 3. The van der Waals surface area contributed by atoms with Gasteiger partial charge in [-0.2, -0.15) is 18.4 Å². The maximum Gasteiger partial charge on any atom is 0.417 e. The van der Waals surface area contributed by atoms with Gasteiger partial charge in [0.2, 0.25) is 11.8 Å². The summed E-state index contributed by atoms with van der Waals surface area (Å²) in [6.45, 7) is 2.66. The van der Waals surface area contributed by atoms with Crippen LogP contribution < -0.4 is 15.0 Å². The van der Waals surface area contributed by atoms with Gasteiger partial charge in [0.05, 0.1) is 42.3 Å². The molecule has 1 aliphatic heterocycles. The molecular formula is C26H30F3N5O3. The Bertz CT molecular complexity index is 1100. The number of aromatic nitrogens is 1. The summed E-state index contributed by atoms with van der Waals surface area (Å²) in [5, 5.41) is 12.1. The highest BCUT2D eigenvalue weighted by molar-refractivity contribution is 5.77. The van der Waals surface area contributed by atoms with E-state index in [1.807, 2.05) is 17.0 Å². The van der Waals surface area contributed by atoms with Crippen molar-refractivity contribution < 1.29 is 27.4 Å². The van der Waals surface area contributed by atoms with Gasteiger partial charge in [0.1, 0.15) is 6.61 Å². The monoisotopic (exact) mass is 517 g/mol. The Morgan fingerprint density at radius 3 is 2.46 bits per heavy atom. The van der Waals surface area contributed by atoms with Crippen LogP contribution in [0.2, 0.25) is 0 Å². The summed E-state index contributed by atoms with van der Waals surface area (Å²) < 4.78 is 50.6. The second kappa shape index (κ2) is 11.7. The number of methoxy groups -OCH3 is 1. The number of anilines is 2. The van der Waals surface area contributed by atoms with Gasteiger partial charge < -0.3 is 24.6 Å². The average Bonchev–Trinajstić information content (AvgIpc) is 2.92. The van der Waals surface area contributed by atoms with Crippen LogP contribution in [0.5, 0.6) is 5.88 Å². The number of halogens is 3. The molecule has 2 heterocycles. The third kappa shape index (κ3) is 6.83. The molecule has 1 aliphatic carbocycles. The number of nitrogens with one attached hydrogen (secondary N) is 1. The molecule has 1 aromatic heterocycles. The molecule has 0 unspecified atom stereocenters. The molecule has 11 heteroatoms. The van der Waals surface area contributed by atoms with Crippen molar-refractivity contribution in [2.45, 2.75) is 44.0 Å². The summed E-state index contributed by atoms with van der Waals surface area (Å²) in [5.41, 5.74) is 0.0107. The first-order valence-corrected chi connectivity index (χ1v) is 12.3. The number of amides is 1. The Kier molecular flexibility index (Phi) is 8.38. The number of carbonyl (C=O) groups excluding carboxylic acids is 1. The molecule has 37 heavy (non-hydrogen) atoms. The predicted octanol–water partition coefficient (Wildman–Crippen LogP) is 4.07. The van der Waals surface area contributed by atoms with Crippen molar-refractivity contribution >= 4 is 17.3 Å². The van der Waals surface area contributed by atoms with Crippen molar-refractivity contribution in [3.8, 4) is 11.9 Å². The molecule has 2 aromatic rings. The van der Waals surface area contributed by atoms with Gasteiger partial charge in [-0.15, -0.1) is 0 Å². The van der Waals surface area contributed by atoms with E-state index in [0.717, 1.165) is 24.6 Å². The maximum absolute atomic E-state index is 13.2. The average molecular weight is 518 g/mol. The van der Waals surface area contributed by atoms with E-state index in [4.69, 9.17) is 14.7 Å². The summed E-state index contributed by atoms with van der Waals surface area (Å²) in [6.07, 6.45) is -0.0113. The van der Waals surface area contributed by atoms with Crippen LogP contribution in [0.1, 0.15) is 36.8 Å². The van der Waals surface area contributed by atoms with E-state index in [2.05, 4.69) is 15.2 Å². The van der Waals surface area contributed by atoms with Crippen LogP contribution in [-0.4, -0.2) is 67.8 Å². The zero-order valence-corrected chi connectivity index (χ0v) is 20.6. The van der Waals surface area contributed by atoms with E-state index in [0.29, 0.717) is 50.6 Å². The zero-order chi connectivity index (χ0) is 26.4. The van der Waals surface area contributed by atoms with Crippen molar-refractivity contribution in [1.82, 2.24) is 9.88 Å². The van der Waals surface area contributed by atoms with E-state index >= 15 is 0 Å². The highest BCUT2D eigenvalue weighted by Crippen LogP contribution is 2.34. The van der Waals surface area contributed by atoms with E-state index in [1.165, 1.54) is 12.1 Å². The second-order valence-corrected chi connectivity index (χ2v) is 9.23. The number of hydrogen-bond donors (Lipinski definition) is 1. The topological polar surface area (TPSA) is 90.7 Å². The van der Waals surface area contributed by atoms with Crippen LogP contribution in [-0.2, 0) is 15.7 Å². The van der Waals surface area contributed by atoms with Crippen LogP contribution in [0.4, 0.5) is 24.5 Å². The number of ether oxygens (including phenoxy) is 2. The van der Waals surface area contributed by atoms with Gasteiger partial charge in [0, 0.05) is 44.0 Å². The van der Waals surface area contributed by atoms with E-state index < -0.39 is 11.7 Å². The van der Waals surface area contributed by atoms with Gasteiger partial charge in [-0.3, -0.25) is 4.79 Å². The van der Waals surface area contributed by atoms with Crippen LogP contribution in [0.3, 0.4) is 0 Å². The van der Waals surface area contributed by atoms with Crippen LogP contribution in [0.15, 0.2) is 36.5 Å². The third-order valence-corrected chi connectivity index (χ3v) is 6.86. The first-order chi connectivity index (χ1) is 17.8. The fourth-order valence-electron chi connectivity index (χ4n) is 4.75. The molecule has 1 aromatic carbocycles. The number of pyridine rings is 1. The van der Waals surface area contributed by atoms with Crippen LogP contribution >= 0.6 is 0 Å². The maximum atomic E-state index is 13.2. The number of carbonyl (C=O) groups is 1. The minimum atomic E-state index is -4.58. The number of nitriles is 1. The zero-order valence-electron chi connectivity index (χ0n) is 20.6. The molecule has 198 valence electrons. The van der Waals surface area contributed by atoms with E-state index in [1.54, 1.807) is 19.4 Å². The lowest BCUT2D eigenvalue weighted by Crippen LogP contribution is -2.50. The molecule has 1 saturated carbocycles. The Morgan fingerprint density at radius 2 is 1.86 bits per heavy atom. The largest absolute Gasteiger partial charge is 0.481 e. The molecule has 0 atom stereocenters. The summed E-state index contributed by atoms with van der Waals surface area (Å²) >= 11 is 0. The summed E-state index contributed by atoms with van der Waals surface area (Å²) in [5.74, 6) is 0.523. The Hall–Kier alpha value is -3.52. The fourth-order valence-corrected chi connectivity index (χ4v) is 4.75. The first-order valence-electron chi connectivity index (χ1n) is 12.3. The van der Waals surface area contributed by atoms with Gasteiger partial charge in [-0.1, -0.05) is 0 Å². The molecule has 1 N–H and O–H groups in total. The van der Waals surface area contributed by atoms with E-state index in [-0.39, 0.29) is 30.2 Å². The lowest BCUT2D eigenvalue weighted by atomic mass is 9.92. The fraction of sp³-hybridized carbons (Fsp3) is 0.500. The molecule has 4 rings (SSSR count). The van der Waals surface area contributed by atoms with Crippen LogP contribution in [0, 0.1) is 11.3 Å². The van der Waals surface area contributed by atoms with Crippen molar-refractivity contribution in [1.29, 1.82) is 5.26 Å². The third-order valence-electron chi connectivity index (χ3n) is 6.86. The van der Waals surface area contributed by atoms with Crippen molar-refractivity contribution in [2.24, 2.45) is 0 Å². The Labute approximate surface area is 214 Å². The minimum absolute atomic E-state index is 0.00472. The SMILES string of the molecule is COc1ccc(N2CCN(C(=O)CO[C@H]3CC[C@H](Nc4ccc(C#N)c(C(F)(F)F)c4)CC3)CC2)cn1. The lowest BCUT2D eigenvalue weighted by Gasteiger charge is -2.36. The van der Waals surface area contributed by atoms with Crippen LogP contribution in [0.25, 0.3) is 0 Å². The minimum Gasteiger partial charge on any atom is -0.481 e. The summed E-state index contributed by atoms with van der Waals surface area (Å²) in [6, 6.07) is 9.05. The highest BCUT2D eigenvalue weighted by atomic mass is 19.4. The quantitative estimate of drug-likeness (QED) is 0.592. The summed E-state index contributed by atoms with van der Waals surface area (Å²) in [7, 11) is 1.57. The molecule has 1 saturated heterocycles. The lowest BCUT2D eigenvalue weighted by molar-refractivity contribution is -0.139. The predicted molar refractivity (Wildman–Crippen MR) is 131 cm³/mol. The number of hydrogen-bond acceptors (Lipinski definition) is 7. The highest BCUT2D eigenvalue weighted by Gasteiger charge is 2.34. The van der Waals surface area contributed by atoms with E-state index in [9.17, 15) is 18.0 Å². The first kappa shape index (κ1) is 26.5.